The molecule has 0 N–H and O–H groups in total. The van der Waals surface area contributed by atoms with Crippen LogP contribution < -0.4 is 0 Å². The summed E-state index contributed by atoms with van der Waals surface area (Å²) in [5.74, 6) is 0. The van der Waals surface area contributed by atoms with E-state index in [4.69, 9.17) is 11.6 Å². The van der Waals surface area contributed by atoms with Crippen LogP contribution in [-0.4, -0.2) is 14.8 Å². The molecule has 0 spiro atoms. The number of nitrogens with zero attached hydrogens (tertiary/aromatic N) is 3. The van der Waals surface area contributed by atoms with E-state index >= 15 is 0 Å². The molecular formula is C19H14ClN3. The van der Waals surface area contributed by atoms with Crippen LogP contribution in [-0.2, 0) is 0 Å². The van der Waals surface area contributed by atoms with Crippen molar-refractivity contribution in [3.63, 3.8) is 0 Å². The molecule has 112 valence electrons. The van der Waals surface area contributed by atoms with Crippen molar-refractivity contribution in [1.82, 2.24) is 14.8 Å². The van der Waals surface area contributed by atoms with Gasteiger partial charge < -0.3 is 0 Å². The van der Waals surface area contributed by atoms with Crippen LogP contribution in [0.1, 0.15) is 5.69 Å². The molecule has 0 radical (unpaired) electrons. The number of aryl methyl sites for hydroxylation is 1. The Hall–Kier alpha value is -2.65. The molecule has 0 fully saturated rings. The van der Waals surface area contributed by atoms with Crippen molar-refractivity contribution in [2.45, 2.75) is 6.92 Å². The van der Waals surface area contributed by atoms with Crippen molar-refractivity contribution in [3.8, 4) is 16.8 Å². The van der Waals surface area contributed by atoms with Crippen LogP contribution in [0.3, 0.4) is 0 Å². The maximum absolute atomic E-state index is 5.98. The topological polar surface area (TPSA) is 30.7 Å². The average molecular weight is 320 g/mol. The van der Waals surface area contributed by atoms with Crippen LogP contribution in [0.4, 0.5) is 0 Å². The number of pyridine rings is 1. The Kier molecular flexibility index (Phi) is 3.36. The zero-order chi connectivity index (χ0) is 15.8. The number of rotatable bonds is 2. The lowest BCUT2D eigenvalue weighted by Gasteiger charge is -2.05. The monoisotopic (exact) mass is 319 g/mol. The van der Waals surface area contributed by atoms with Crippen LogP contribution in [0, 0.1) is 6.92 Å². The summed E-state index contributed by atoms with van der Waals surface area (Å²) < 4.78 is 1.87. The van der Waals surface area contributed by atoms with Gasteiger partial charge in [-0.25, -0.2) is 9.67 Å². The van der Waals surface area contributed by atoms with Crippen molar-refractivity contribution in [3.05, 3.63) is 77.6 Å². The van der Waals surface area contributed by atoms with E-state index in [0.717, 1.165) is 28.0 Å². The van der Waals surface area contributed by atoms with E-state index in [2.05, 4.69) is 22.2 Å². The maximum atomic E-state index is 5.98. The summed E-state index contributed by atoms with van der Waals surface area (Å²) in [5.41, 5.74) is 5.07. The summed E-state index contributed by atoms with van der Waals surface area (Å²) in [4.78, 5) is 4.55. The number of hydrogen-bond donors (Lipinski definition) is 0. The molecule has 0 aliphatic rings. The van der Waals surface area contributed by atoms with E-state index < -0.39 is 0 Å². The minimum Gasteiger partial charge on any atom is -0.236 e. The van der Waals surface area contributed by atoms with Crippen LogP contribution in [0.2, 0.25) is 5.02 Å². The molecule has 0 amide bonds. The fraction of sp³-hybridized carbons (Fsp3) is 0.0526. The van der Waals surface area contributed by atoms with Gasteiger partial charge in [-0.3, -0.25) is 0 Å². The fourth-order valence-electron chi connectivity index (χ4n) is 2.84. The van der Waals surface area contributed by atoms with E-state index in [9.17, 15) is 0 Å². The van der Waals surface area contributed by atoms with Gasteiger partial charge in [-0.15, -0.1) is 0 Å². The average Bonchev–Trinajstić information content (AvgIpc) is 2.94. The Bertz CT molecular complexity index is 973. The molecule has 3 nitrogen and oxygen atoms in total. The highest BCUT2D eigenvalue weighted by molar-refractivity contribution is 6.30. The molecule has 23 heavy (non-hydrogen) atoms. The molecule has 2 heterocycles. The van der Waals surface area contributed by atoms with Crippen molar-refractivity contribution >= 4 is 22.6 Å². The van der Waals surface area contributed by atoms with Gasteiger partial charge >= 0.3 is 0 Å². The summed E-state index contributed by atoms with van der Waals surface area (Å²) in [7, 11) is 0. The molecule has 4 aromatic rings. The molecule has 0 aliphatic carbocycles. The molecule has 0 bridgehead atoms. The Morgan fingerprint density at radius 3 is 2.39 bits per heavy atom. The maximum Gasteiger partial charge on any atom is 0.163 e. The quantitative estimate of drug-likeness (QED) is 0.517. The summed E-state index contributed by atoms with van der Waals surface area (Å²) in [5, 5.41) is 6.47. The van der Waals surface area contributed by atoms with Crippen molar-refractivity contribution in [2.24, 2.45) is 0 Å². The molecule has 0 saturated carbocycles. The number of fused-ring (bicyclic) bond motifs is 1. The third-order valence-corrected chi connectivity index (χ3v) is 4.15. The zero-order valence-corrected chi connectivity index (χ0v) is 13.3. The minimum atomic E-state index is 0.708. The second-order valence-corrected chi connectivity index (χ2v) is 5.83. The molecule has 0 unspecified atom stereocenters. The van der Waals surface area contributed by atoms with E-state index in [1.165, 1.54) is 5.56 Å². The number of halogens is 1. The van der Waals surface area contributed by atoms with Gasteiger partial charge in [0.15, 0.2) is 5.65 Å². The molecule has 0 atom stereocenters. The van der Waals surface area contributed by atoms with Gasteiger partial charge in [0.1, 0.15) is 0 Å². The van der Waals surface area contributed by atoms with Gasteiger partial charge in [0.2, 0.25) is 0 Å². The predicted molar refractivity (Wildman–Crippen MR) is 94.0 cm³/mol. The SMILES string of the molecule is Cc1nn(-c2ccc(Cl)cc2)c2nccc(-c3ccccc3)c12. The van der Waals surface area contributed by atoms with Gasteiger partial charge in [0, 0.05) is 11.2 Å². The number of aromatic nitrogens is 3. The van der Waals surface area contributed by atoms with Crippen LogP contribution in [0.15, 0.2) is 66.9 Å². The Labute approximate surface area is 139 Å². The standard InChI is InChI=1S/C19H14ClN3/c1-13-18-17(14-5-3-2-4-6-14)11-12-21-19(18)23(22-13)16-9-7-15(20)8-10-16/h2-12H,1H3. The fourth-order valence-corrected chi connectivity index (χ4v) is 2.96. The summed E-state index contributed by atoms with van der Waals surface area (Å²) in [6.45, 7) is 2.02. The first-order chi connectivity index (χ1) is 11.2. The largest absolute Gasteiger partial charge is 0.236 e. The van der Waals surface area contributed by atoms with Gasteiger partial charge in [-0.05, 0) is 48.4 Å². The Morgan fingerprint density at radius 2 is 1.65 bits per heavy atom. The highest BCUT2D eigenvalue weighted by Crippen LogP contribution is 2.30. The number of benzene rings is 2. The van der Waals surface area contributed by atoms with Gasteiger partial charge in [0.05, 0.1) is 16.8 Å². The van der Waals surface area contributed by atoms with Crippen LogP contribution in [0.5, 0.6) is 0 Å². The predicted octanol–water partition coefficient (Wildman–Crippen LogP) is 5.05. The molecule has 4 heteroatoms. The summed E-state index contributed by atoms with van der Waals surface area (Å²) in [6.07, 6.45) is 1.83. The molecular weight excluding hydrogens is 306 g/mol. The van der Waals surface area contributed by atoms with E-state index in [1.807, 2.05) is 66.3 Å². The van der Waals surface area contributed by atoms with E-state index in [1.54, 1.807) is 0 Å². The highest BCUT2D eigenvalue weighted by atomic mass is 35.5. The lowest BCUT2D eigenvalue weighted by Crippen LogP contribution is -1.97. The van der Waals surface area contributed by atoms with Crippen LogP contribution in [0.25, 0.3) is 27.8 Å². The first-order valence-electron chi connectivity index (χ1n) is 7.40. The lowest BCUT2D eigenvalue weighted by atomic mass is 10.0. The molecule has 0 aliphatic heterocycles. The molecule has 4 rings (SSSR count). The second-order valence-electron chi connectivity index (χ2n) is 5.40. The van der Waals surface area contributed by atoms with Crippen LogP contribution >= 0.6 is 11.6 Å². The van der Waals surface area contributed by atoms with Crippen molar-refractivity contribution in [1.29, 1.82) is 0 Å². The van der Waals surface area contributed by atoms with E-state index in [0.29, 0.717) is 5.02 Å². The third-order valence-electron chi connectivity index (χ3n) is 3.90. The normalized spacial score (nSPS) is 11.0. The Balaban J connectivity index is 1.98. The molecule has 0 saturated heterocycles. The van der Waals surface area contributed by atoms with Gasteiger partial charge in [-0.2, -0.15) is 5.10 Å². The molecule has 2 aromatic heterocycles. The summed E-state index contributed by atoms with van der Waals surface area (Å²) >= 11 is 5.98. The second kappa shape index (κ2) is 5.52. The smallest absolute Gasteiger partial charge is 0.163 e. The van der Waals surface area contributed by atoms with Gasteiger partial charge in [-0.1, -0.05) is 41.9 Å². The third kappa shape index (κ3) is 2.39. The first-order valence-corrected chi connectivity index (χ1v) is 7.77. The highest BCUT2D eigenvalue weighted by Gasteiger charge is 2.14. The minimum absolute atomic E-state index is 0.708. The van der Waals surface area contributed by atoms with Crippen molar-refractivity contribution < 1.29 is 0 Å². The van der Waals surface area contributed by atoms with Crippen molar-refractivity contribution in [2.75, 3.05) is 0 Å². The lowest BCUT2D eigenvalue weighted by molar-refractivity contribution is 0.878. The molecule has 2 aromatic carbocycles. The van der Waals surface area contributed by atoms with E-state index in [-0.39, 0.29) is 0 Å². The zero-order valence-electron chi connectivity index (χ0n) is 12.6. The number of hydrogen-bond acceptors (Lipinski definition) is 2. The van der Waals surface area contributed by atoms with Gasteiger partial charge in [0.25, 0.3) is 0 Å². The Morgan fingerprint density at radius 1 is 0.913 bits per heavy atom. The first kappa shape index (κ1) is 14.0. The summed E-state index contributed by atoms with van der Waals surface area (Å²) in [6, 6.07) is 20.0.